The molecule has 14 heteroatoms. The zero-order valence-corrected chi connectivity index (χ0v) is 16.7. The number of nitrogens with one attached hydrogen (secondary N) is 1. The molecule has 12 nitrogen and oxygen atoms in total. The van der Waals surface area contributed by atoms with E-state index in [1.165, 1.54) is 23.2 Å². The second-order valence-corrected chi connectivity index (χ2v) is 7.92. The van der Waals surface area contributed by atoms with Crippen LogP contribution in [-0.2, 0) is 24.0 Å². The fraction of sp³-hybridized carbons (Fsp3) is 0.250. The molecule has 2 aliphatic heterocycles. The summed E-state index contributed by atoms with van der Waals surface area (Å²) in [5, 5.41) is 25.0. The number of allylic oxidation sites excluding steroid dienone is 1. The first-order valence-electron chi connectivity index (χ1n) is 8.22. The van der Waals surface area contributed by atoms with Crippen molar-refractivity contribution in [3.63, 3.8) is 0 Å². The Kier molecular flexibility index (Phi) is 6.07. The van der Waals surface area contributed by atoms with Crippen LogP contribution in [0.2, 0.25) is 0 Å². The van der Waals surface area contributed by atoms with Crippen LogP contribution in [0.1, 0.15) is 5.69 Å². The van der Waals surface area contributed by atoms with Crippen LogP contribution in [0.5, 0.6) is 0 Å². The first-order valence-corrected chi connectivity index (χ1v) is 10.1. The maximum atomic E-state index is 12.7. The Balaban J connectivity index is 1.79. The molecule has 0 radical (unpaired) electrons. The van der Waals surface area contributed by atoms with Gasteiger partial charge in [-0.1, -0.05) is 17.8 Å². The number of aromatic nitrogens is 1. The third-order valence-corrected chi connectivity index (χ3v) is 6.03. The number of oxime groups is 1. The summed E-state index contributed by atoms with van der Waals surface area (Å²) in [7, 11) is 0. The Bertz CT molecular complexity index is 1000. The molecule has 1 unspecified atom stereocenters. The van der Waals surface area contributed by atoms with Crippen molar-refractivity contribution in [2.24, 2.45) is 5.16 Å². The number of aliphatic carboxylic acids is 2. The van der Waals surface area contributed by atoms with Gasteiger partial charge in [0.25, 0.3) is 11.8 Å². The maximum absolute atomic E-state index is 12.7. The molecule has 2 atom stereocenters. The number of nitrogen functional groups attached to an aromatic ring is 1. The number of anilines is 1. The van der Waals surface area contributed by atoms with Crippen molar-refractivity contribution in [1.82, 2.24) is 15.2 Å². The van der Waals surface area contributed by atoms with E-state index in [1.807, 2.05) is 0 Å². The normalized spacial score (nSPS) is 20.9. The van der Waals surface area contributed by atoms with E-state index in [4.69, 9.17) is 10.8 Å². The molecular formula is C16H15N5O7S2. The lowest BCUT2D eigenvalue weighted by Gasteiger charge is -2.49. The molecule has 0 saturated carbocycles. The molecule has 5 N–H and O–H groups in total. The van der Waals surface area contributed by atoms with Crippen molar-refractivity contribution in [3.05, 3.63) is 35.0 Å². The summed E-state index contributed by atoms with van der Waals surface area (Å²) >= 11 is 2.30. The van der Waals surface area contributed by atoms with E-state index in [1.54, 1.807) is 0 Å². The second kappa shape index (κ2) is 8.54. The second-order valence-electron chi connectivity index (χ2n) is 5.92. The van der Waals surface area contributed by atoms with Crippen molar-refractivity contribution >= 4 is 57.7 Å². The molecule has 0 bridgehead atoms. The van der Waals surface area contributed by atoms with E-state index in [0.717, 1.165) is 16.2 Å². The van der Waals surface area contributed by atoms with Gasteiger partial charge in [-0.3, -0.25) is 14.5 Å². The monoisotopic (exact) mass is 453 g/mol. The van der Waals surface area contributed by atoms with Crippen molar-refractivity contribution < 1.29 is 34.2 Å². The third-order valence-electron chi connectivity index (χ3n) is 4.06. The topological polar surface area (TPSA) is 185 Å². The Morgan fingerprint density at radius 3 is 2.77 bits per heavy atom. The number of carbonyl (C=O) groups excluding carboxylic acids is 2. The van der Waals surface area contributed by atoms with Crippen LogP contribution < -0.4 is 11.1 Å². The predicted molar refractivity (Wildman–Crippen MR) is 107 cm³/mol. The molecule has 1 aromatic rings. The maximum Gasteiger partial charge on any atom is 0.352 e. The van der Waals surface area contributed by atoms with Crippen LogP contribution in [0.3, 0.4) is 0 Å². The molecule has 2 amide bonds. The first kappa shape index (κ1) is 21.3. The summed E-state index contributed by atoms with van der Waals surface area (Å²) in [5.74, 6) is -3.72. The van der Waals surface area contributed by atoms with Crippen molar-refractivity contribution in [3.8, 4) is 0 Å². The number of hydrogen-bond donors (Lipinski definition) is 4. The zero-order chi connectivity index (χ0) is 22.0. The van der Waals surface area contributed by atoms with E-state index in [0.29, 0.717) is 11.3 Å². The highest BCUT2D eigenvalue weighted by Gasteiger charge is 2.54. The number of fused-ring (bicyclic) bond motifs is 1. The van der Waals surface area contributed by atoms with Crippen LogP contribution in [0.15, 0.2) is 34.5 Å². The van der Waals surface area contributed by atoms with Gasteiger partial charge in [0.15, 0.2) is 10.8 Å². The van der Waals surface area contributed by atoms with Gasteiger partial charge in [0.1, 0.15) is 22.8 Å². The predicted octanol–water partition coefficient (Wildman–Crippen LogP) is -0.545. The standard InChI is InChI=1S/C16H15N5O7S2/c1-2-6-4-29-14-10(13(25)21(14)11(6)15(26)27)19-12(24)9(20-28-3-8(22)23)7-5-30-16(17)18-7/h2,5,10,14H,1,3-4H2,(H2,17,18)(H,19,24)(H,22,23)(H,26,27)/b20-9+/t10-,14?/m1/s1. The minimum Gasteiger partial charge on any atom is -0.479 e. The molecule has 2 aliphatic rings. The number of hydrogen-bond acceptors (Lipinski definition) is 10. The van der Waals surface area contributed by atoms with E-state index in [9.17, 15) is 24.3 Å². The minimum absolute atomic E-state index is 0.0420. The quantitative estimate of drug-likeness (QED) is 0.226. The summed E-state index contributed by atoms with van der Waals surface area (Å²) in [5.41, 5.74) is 5.48. The van der Waals surface area contributed by atoms with Crippen molar-refractivity contribution in [2.45, 2.75) is 11.4 Å². The lowest BCUT2D eigenvalue weighted by Crippen LogP contribution is -2.71. The highest BCUT2D eigenvalue weighted by atomic mass is 32.2. The number of thioether (sulfide) groups is 1. The number of amides is 2. The highest BCUT2D eigenvalue weighted by Crippen LogP contribution is 2.40. The van der Waals surface area contributed by atoms with Crippen molar-refractivity contribution in [2.75, 3.05) is 18.1 Å². The van der Waals surface area contributed by atoms with Gasteiger partial charge in [-0.05, 0) is 5.57 Å². The number of β-lactam (4-membered cyclic amide) rings is 1. The third kappa shape index (κ3) is 3.99. The summed E-state index contributed by atoms with van der Waals surface area (Å²) in [6, 6.07) is -1.01. The van der Waals surface area contributed by atoms with Gasteiger partial charge in [-0.15, -0.1) is 23.1 Å². The van der Waals surface area contributed by atoms with Gasteiger partial charge in [0.2, 0.25) is 6.61 Å². The van der Waals surface area contributed by atoms with Crippen molar-refractivity contribution in [1.29, 1.82) is 0 Å². The minimum atomic E-state index is -1.30. The lowest BCUT2D eigenvalue weighted by atomic mass is 10.0. The number of rotatable bonds is 8. The lowest BCUT2D eigenvalue weighted by molar-refractivity contribution is -0.150. The molecule has 1 aromatic heterocycles. The molecule has 0 aliphatic carbocycles. The Morgan fingerprint density at radius 1 is 1.47 bits per heavy atom. The summed E-state index contributed by atoms with van der Waals surface area (Å²) in [6.07, 6.45) is 1.38. The van der Waals surface area contributed by atoms with Crippen LogP contribution in [0, 0.1) is 0 Å². The summed E-state index contributed by atoms with van der Waals surface area (Å²) in [4.78, 5) is 57.1. The number of carboxylic acids is 2. The Hall–Kier alpha value is -3.39. The molecule has 1 fully saturated rings. The van der Waals surface area contributed by atoms with Gasteiger partial charge in [-0.2, -0.15) is 0 Å². The van der Waals surface area contributed by atoms with Crippen LogP contribution in [-0.4, -0.2) is 73.3 Å². The van der Waals surface area contributed by atoms with Gasteiger partial charge in [0.05, 0.1) is 0 Å². The number of nitrogens with two attached hydrogens (primary N) is 1. The zero-order valence-electron chi connectivity index (χ0n) is 15.1. The van der Waals surface area contributed by atoms with Gasteiger partial charge < -0.3 is 26.1 Å². The average Bonchev–Trinajstić information content (AvgIpc) is 3.13. The fourth-order valence-corrected chi connectivity index (χ4v) is 4.65. The van der Waals surface area contributed by atoms with Gasteiger partial charge >= 0.3 is 11.9 Å². The molecule has 0 aromatic carbocycles. The number of thiazole rings is 1. The van der Waals surface area contributed by atoms with Crippen LogP contribution in [0.25, 0.3) is 0 Å². The number of carboxylic acid groups (broad SMARTS) is 2. The molecule has 158 valence electrons. The van der Waals surface area contributed by atoms with E-state index < -0.39 is 41.8 Å². The molecule has 30 heavy (non-hydrogen) atoms. The Labute approximate surface area is 177 Å². The molecular weight excluding hydrogens is 438 g/mol. The van der Waals surface area contributed by atoms with Gasteiger partial charge in [-0.25, -0.2) is 14.6 Å². The molecule has 3 rings (SSSR count). The highest BCUT2D eigenvalue weighted by molar-refractivity contribution is 8.00. The fourth-order valence-electron chi connectivity index (χ4n) is 2.76. The first-order chi connectivity index (χ1) is 14.2. The van der Waals surface area contributed by atoms with E-state index in [2.05, 4.69) is 26.9 Å². The number of nitrogens with zero attached hydrogens (tertiary/aromatic N) is 3. The van der Waals surface area contributed by atoms with Gasteiger partial charge in [0, 0.05) is 11.1 Å². The molecule has 1 saturated heterocycles. The SMILES string of the molecule is C=CC1=C(C(=O)O)N2C(=O)[C@@H](NC(=O)/C(=N/OCC(=O)O)c3csc(N)n3)C2SC1. The van der Waals surface area contributed by atoms with Crippen LogP contribution >= 0.6 is 23.1 Å². The van der Waals surface area contributed by atoms with E-state index in [-0.39, 0.29) is 22.2 Å². The smallest absolute Gasteiger partial charge is 0.352 e. The average molecular weight is 453 g/mol. The summed E-state index contributed by atoms with van der Waals surface area (Å²) in [6.45, 7) is 2.77. The molecule has 3 heterocycles. The Morgan fingerprint density at radius 2 is 2.20 bits per heavy atom. The summed E-state index contributed by atoms with van der Waals surface area (Å²) < 4.78 is 0. The van der Waals surface area contributed by atoms with E-state index >= 15 is 0 Å². The van der Waals surface area contributed by atoms with Crippen LogP contribution in [0.4, 0.5) is 5.13 Å². The number of carbonyl (C=O) groups is 4. The largest absolute Gasteiger partial charge is 0.479 e. The molecule has 0 spiro atoms.